The normalized spacial score (nSPS) is 16.1. The molecule has 0 bridgehead atoms. The van der Waals surface area contributed by atoms with E-state index in [9.17, 15) is 0 Å². The number of benzene rings is 4. The third kappa shape index (κ3) is 10.3. The number of unbranched alkanes of at least 4 members (excludes halogenated alkanes) is 2. The van der Waals surface area contributed by atoms with E-state index in [1.54, 1.807) is 0 Å². The minimum absolute atomic E-state index is 0.393. The molecule has 0 amide bonds. The molecule has 0 aromatic heterocycles. The van der Waals surface area contributed by atoms with Gasteiger partial charge in [-0.3, -0.25) is 0 Å². The van der Waals surface area contributed by atoms with E-state index in [1.165, 1.54) is 115 Å². The Morgan fingerprint density at radius 1 is 0.490 bits per heavy atom. The zero-order valence-corrected chi connectivity index (χ0v) is 32.7. The summed E-state index contributed by atoms with van der Waals surface area (Å²) in [4.78, 5) is 0. The van der Waals surface area contributed by atoms with Crippen molar-refractivity contribution in [3.05, 3.63) is 129 Å². The lowest BCUT2D eigenvalue weighted by atomic mass is 9.73. The fourth-order valence-electron chi connectivity index (χ4n) is 9.47. The summed E-state index contributed by atoms with van der Waals surface area (Å²) in [6, 6.07) is 32.5. The summed E-state index contributed by atoms with van der Waals surface area (Å²) in [6.07, 6.45) is 19.8. The Bertz CT molecular complexity index is 1510. The molecule has 0 radical (unpaired) electrons. The first kappa shape index (κ1) is 38.7. The molecule has 1 aliphatic carbocycles. The predicted molar refractivity (Wildman–Crippen MR) is 223 cm³/mol. The largest absolute Gasteiger partial charge is 0.399 e. The molecule has 0 saturated heterocycles. The van der Waals surface area contributed by atoms with E-state index in [2.05, 4.69) is 120 Å². The monoisotopic (exact) mass is 685 g/mol. The van der Waals surface area contributed by atoms with Gasteiger partial charge in [0.05, 0.1) is 0 Å². The molecule has 2 nitrogen and oxygen atoms in total. The maximum Gasteiger partial charge on any atom is 0.0316 e. The van der Waals surface area contributed by atoms with E-state index >= 15 is 0 Å². The average Bonchev–Trinajstić information content (AvgIpc) is 3.14. The minimum Gasteiger partial charge on any atom is -0.399 e. The van der Waals surface area contributed by atoms with Crippen LogP contribution in [-0.4, -0.2) is 0 Å². The fraction of sp³-hybridized carbons (Fsp3) is 0.510. The second-order valence-electron chi connectivity index (χ2n) is 16.0. The number of nitrogen functional groups attached to an aromatic ring is 2. The van der Waals surface area contributed by atoms with Crippen LogP contribution in [0.25, 0.3) is 0 Å². The van der Waals surface area contributed by atoms with Crippen LogP contribution in [0.15, 0.2) is 84.9 Å². The van der Waals surface area contributed by atoms with Crippen LogP contribution in [0.1, 0.15) is 179 Å². The summed E-state index contributed by atoms with van der Waals surface area (Å²) >= 11 is 0. The van der Waals surface area contributed by atoms with Gasteiger partial charge in [0.15, 0.2) is 0 Å². The number of nitrogens with two attached hydrogens (primary N) is 2. The summed E-state index contributed by atoms with van der Waals surface area (Å²) < 4.78 is 0. The zero-order chi connectivity index (χ0) is 36.2. The summed E-state index contributed by atoms with van der Waals surface area (Å²) in [6.45, 7) is 11.4. The molecule has 0 spiro atoms. The molecular formula is C49H68N2. The summed E-state index contributed by atoms with van der Waals surface area (Å²) in [5.41, 5.74) is 25.2. The van der Waals surface area contributed by atoms with Gasteiger partial charge in [0.25, 0.3) is 0 Å². The number of rotatable bonds is 18. The lowest BCUT2D eigenvalue weighted by Gasteiger charge is -2.32. The van der Waals surface area contributed by atoms with Crippen LogP contribution in [0.4, 0.5) is 11.4 Å². The molecule has 3 atom stereocenters. The van der Waals surface area contributed by atoms with Crippen molar-refractivity contribution in [3.8, 4) is 0 Å². The highest BCUT2D eigenvalue weighted by Crippen LogP contribution is 2.41. The lowest BCUT2D eigenvalue weighted by molar-refractivity contribution is 0.215. The van der Waals surface area contributed by atoms with E-state index in [1.807, 2.05) is 0 Å². The number of hydrogen-bond acceptors (Lipinski definition) is 2. The molecule has 1 saturated carbocycles. The van der Waals surface area contributed by atoms with Crippen molar-refractivity contribution in [1.82, 2.24) is 0 Å². The molecule has 4 N–H and O–H groups in total. The second kappa shape index (κ2) is 19.4. The van der Waals surface area contributed by atoms with Gasteiger partial charge in [-0.25, -0.2) is 0 Å². The standard InChI is InChI=1S/C49H68N2/c1-6-9-11-16-38(37-17-12-10-13-18-37)27-30-47(39-19-23-41(24-20-39)48(14-7-2)45-31-28-43(50)33-35(45)4)40-21-25-42(26-22-40)49(15-8-3)46-32-29-44(51)34-36(46)5/h19-26,28-29,31-34,37-38,47-49H,6-18,27,30,50-51H2,1-5H3. The van der Waals surface area contributed by atoms with E-state index < -0.39 is 0 Å². The number of hydrogen-bond donors (Lipinski definition) is 2. The Morgan fingerprint density at radius 2 is 0.941 bits per heavy atom. The Kier molecular flexibility index (Phi) is 14.7. The van der Waals surface area contributed by atoms with Crippen LogP contribution in [0.2, 0.25) is 0 Å². The van der Waals surface area contributed by atoms with Gasteiger partial charge in [0.1, 0.15) is 0 Å². The van der Waals surface area contributed by atoms with Crippen LogP contribution in [0.5, 0.6) is 0 Å². The zero-order valence-electron chi connectivity index (χ0n) is 32.7. The first-order valence-electron chi connectivity index (χ1n) is 20.7. The van der Waals surface area contributed by atoms with Gasteiger partial charge in [0.2, 0.25) is 0 Å². The van der Waals surface area contributed by atoms with Crippen LogP contribution in [-0.2, 0) is 0 Å². The van der Waals surface area contributed by atoms with Crippen molar-refractivity contribution < 1.29 is 0 Å². The quantitative estimate of drug-likeness (QED) is 0.0809. The Balaban J connectivity index is 1.46. The minimum atomic E-state index is 0.393. The van der Waals surface area contributed by atoms with Gasteiger partial charge < -0.3 is 11.5 Å². The van der Waals surface area contributed by atoms with Gasteiger partial charge >= 0.3 is 0 Å². The molecule has 1 aliphatic rings. The maximum atomic E-state index is 6.16. The third-order valence-corrected chi connectivity index (χ3v) is 12.3. The highest BCUT2D eigenvalue weighted by atomic mass is 14.5. The third-order valence-electron chi connectivity index (χ3n) is 12.3. The maximum absolute atomic E-state index is 6.16. The Morgan fingerprint density at radius 3 is 1.35 bits per heavy atom. The average molecular weight is 685 g/mol. The van der Waals surface area contributed by atoms with Crippen LogP contribution >= 0.6 is 0 Å². The number of aryl methyl sites for hydroxylation is 2. The SMILES string of the molecule is CCCCCC(CCC(c1ccc(C(CCC)c2ccc(N)cc2C)cc1)c1ccc(C(CCC)c2ccc(N)cc2C)cc1)C1CCCCC1. The van der Waals surface area contributed by atoms with Gasteiger partial charge in [-0.05, 0) is 120 Å². The van der Waals surface area contributed by atoms with Crippen LogP contribution in [0.3, 0.4) is 0 Å². The highest BCUT2D eigenvalue weighted by molar-refractivity contribution is 5.50. The van der Waals surface area contributed by atoms with Gasteiger partial charge in [-0.1, -0.05) is 152 Å². The lowest BCUT2D eigenvalue weighted by Crippen LogP contribution is -2.19. The van der Waals surface area contributed by atoms with Crippen molar-refractivity contribution >= 4 is 11.4 Å². The van der Waals surface area contributed by atoms with Gasteiger partial charge in [0, 0.05) is 29.1 Å². The molecular weight excluding hydrogens is 617 g/mol. The molecule has 5 rings (SSSR count). The smallest absolute Gasteiger partial charge is 0.0316 e. The Labute approximate surface area is 311 Å². The topological polar surface area (TPSA) is 52.0 Å². The van der Waals surface area contributed by atoms with Crippen molar-refractivity contribution in [1.29, 1.82) is 0 Å². The van der Waals surface area contributed by atoms with E-state index in [4.69, 9.17) is 11.5 Å². The first-order chi connectivity index (χ1) is 24.8. The second-order valence-corrected chi connectivity index (χ2v) is 16.0. The molecule has 51 heavy (non-hydrogen) atoms. The van der Waals surface area contributed by atoms with E-state index in [0.29, 0.717) is 17.8 Å². The molecule has 4 aromatic rings. The fourth-order valence-corrected chi connectivity index (χ4v) is 9.47. The number of anilines is 2. The van der Waals surface area contributed by atoms with Crippen LogP contribution in [0, 0.1) is 25.7 Å². The highest BCUT2D eigenvalue weighted by Gasteiger charge is 2.26. The summed E-state index contributed by atoms with van der Waals surface area (Å²) in [7, 11) is 0. The van der Waals surface area contributed by atoms with Gasteiger partial charge in [-0.2, -0.15) is 0 Å². The van der Waals surface area contributed by atoms with E-state index in [-0.39, 0.29) is 0 Å². The van der Waals surface area contributed by atoms with Crippen LogP contribution < -0.4 is 11.5 Å². The summed E-state index contributed by atoms with van der Waals surface area (Å²) in [5, 5.41) is 0. The molecule has 2 heteroatoms. The van der Waals surface area contributed by atoms with Gasteiger partial charge in [-0.15, -0.1) is 0 Å². The first-order valence-corrected chi connectivity index (χ1v) is 20.7. The molecule has 1 fully saturated rings. The van der Waals surface area contributed by atoms with Crippen molar-refractivity contribution in [3.63, 3.8) is 0 Å². The molecule has 3 unspecified atom stereocenters. The van der Waals surface area contributed by atoms with Crippen molar-refractivity contribution in [2.24, 2.45) is 11.8 Å². The molecule has 0 aliphatic heterocycles. The van der Waals surface area contributed by atoms with Crippen molar-refractivity contribution in [2.75, 3.05) is 11.5 Å². The molecule has 4 aromatic carbocycles. The Hall–Kier alpha value is -3.52. The molecule has 274 valence electrons. The predicted octanol–water partition coefficient (Wildman–Crippen LogP) is 14.0. The van der Waals surface area contributed by atoms with E-state index in [0.717, 1.165) is 48.9 Å². The molecule has 0 heterocycles. The summed E-state index contributed by atoms with van der Waals surface area (Å²) in [5.74, 6) is 2.95. The van der Waals surface area contributed by atoms with Crippen molar-refractivity contribution in [2.45, 2.75) is 149 Å².